The van der Waals surface area contributed by atoms with E-state index in [4.69, 9.17) is 0 Å². The molecular weight excluding hydrogens is 274 g/mol. The van der Waals surface area contributed by atoms with E-state index in [1.807, 2.05) is 6.92 Å². The lowest BCUT2D eigenvalue weighted by Gasteiger charge is -2.39. The van der Waals surface area contributed by atoms with Crippen LogP contribution in [0, 0.1) is 5.92 Å². The fraction of sp³-hybridized carbons (Fsp3) is 0.867. The van der Waals surface area contributed by atoms with Crippen LogP contribution in [0.25, 0.3) is 0 Å². The van der Waals surface area contributed by atoms with E-state index in [9.17, 15) is 14.7 Å². The van der Waals surface area contributed by atoms with E-state index in [-0.39, 0.29) is 5.91 Å². The third-order valence-corrected chi connectivity index (χ3v) is 5.12. The van der Waals surface area contributed by atoms with Crippen LogP contribution in [0.15, 0.2) is 0 Å². The highest BCUT2D eigenvalue weighted by Crippen LogP contribution is 2.33. The number of rotatable bonds is 8. The Morgan fingerprint density at radius 3 is 2.75 bits per heavy atom. The number of carboxylic acids is 1. The van der Waals surface area contributed by atoms with Crippen molar-refractivity contribution < 1.29 is 14.7 Å². The SMILES string of the molecule is CCCCSCCC(=O)NC1(C)CCCCC1C(=O)O. The summed E-state index contributed by atoms with van der Waals surface area (Å²) in [7, 11) is 0. The molecule has 0 saturated heterocycles. The number of amides is 1. The van der Waals surface area contributed by atoms with Crippen molar-refractivity contribution in [2.45, 2.75) is 64.3 Å². The number of carbonyl (C=O) groups is 2. The van der Waals surface area contributed by atoms with E-state index >= 15 is 0 Å². The Bertz CT molecular complexity index is 335. The van der Waals surface area contributed by atoms with Crippen molar-refractivity contribution >= 4 is 23.6 Å². The first-order chi connectivity index (χ1) is 9.49. The molecule has 2 unspecified atom stereocenters. The standard InChI is InChI=1S/C15H27NO3S/c1-3-4-10-20-11-8-13(17)16-15(2)9-6-5-7-12(15)14(18)19/h12H,3-11H2,1-2H3,(H,16,17)(H,18,19). The van der Waals surface area contributed by atoms with Gasteiger partial charge < -0.3 is 10.4 Å². The van der Waals surface area contributed by atoms with Gasteiger partial charge in [0.15, 0.2) is 0 Å². The summed E-state index contributed by atoms with van der Waals surface area (Å²) in [5.74, 6) is 0.667. The summed E-state index contributed by atoms with van der Waals surface area (Å²) >= 11 is 1.80. The minimum absolute atomic E-state index is 0.00958. The smallest absolute Gasteiger partial charge is 0.308 e. The Balaban J connectivity index is 2.39. The molecule has 0 bridgehead atoms. The molecule has 20 heavy (non-hydrogen) atoms. The maximum atomic E-state index is 12.0. The van der Waals surface area contributed by atoms with Crippen LogP contribution in [0.3, 0.4) is 0 Å². The lowest BCUT2D eigenvalue weighted by molar-refractivity contribution is -0.146. The zero-order valence-electron chi connectivity index (χ0n) is 12.6. The van der Waals surface area contributed by atoms with Gasteiger partial charge in [0.05, 0.1) is 11.5 Å². The normalized spacial score (nSPS) is 26.2. The maximum absolute atomic E-state index is 12.0. The van der Waals surface area contributed by atoms with Crippen LogP contribution in [0.1, 0.15) is 58.8 Å². The summed E-state index contributed by atoms with van der Waals surface area (Å²) in [5, 5.41) is 12.3. The van der Waals surface area contributed by atoms with Crippen LogP contribution in [-0.4, -0.2) is 34.0 Å². The van der Waals surface area contributed by atoms with E-state index in [1.54, 1.807) is 11.8 Å². The highest BCUT2D eigenvalue weighted by Gasteiger charge is 2.41. The predicted molar refractivity (Wildman–Crippen MR) is 83.0 cm³/mol. The van der Waals surface area contributed by atoms with Crippen molar-refractivity contribution in [2.24, 2.45) is 5.92 Å². The number of carbonyl (C=O) groups excluding carboxylic acids is 1. The van der Waals surface area contributed by atoms with Gasteiger partial charge in [-0.05, 0) is 31.9 Å². The first kappa shape index (κ1) is 17.3. The molecule has 0 aromatic rings. The minimum atomic E-state index is -0.787. The molecule has 0 aromatic carbocycles. The number of hydrogen-bond acceptors (Lipinski definition) is 3. The van der Waals surface area contributed by atoms with E-state index < -0.39 is 17.4 Å². The number of hydrogen-bond donors (Lipinski definition) is 2. The van der Waals surface area contributed by atoms with Crippen LogP contribution in [0.4, 0.5) is 0 Å². The van der Waals surface area contributed by atoms with Crippen LogP contribution < -0.4 is 5.32 Å². The van der Waals surface area contributed by atoms with E-state index in [0.29, 0.717) is 12.8 Å². The molecule has 4 nitrogen and oxygen atoms in total. The topological polar surface area (TPSA) is 66.4 Å². The van der Waals surface area contributed by atoms with Gasteiger partial charge in [-0.2, -0.15) is 11.8 Å². The zero-order valence-corrected chi connectivity index (χ0v) is 13.4. The summed E-state index contributed by atoms with van der Waals surface area (Å²) in [4.78, 5) is 23.3. The van der Waals surface area contributed by atoms with E-state index in [0.717, 1.165) is 30.8 Å². The molecule has 1 aliphatic rings. The quantitative estimate of drug-likeness (QED) is 0.676. The van der Waals surface area contributed by atoms with Gasteiger partial charge in [0, 0.05) is 12.2 Å². The summed E-state index contributed by atoms with van der Waals surface area (Å²) in [6.07, 6.45) is 6.20. The monoisotopic (exact) mass is 301 g/mol. The van der Waals surface area contributed by atoms with Crippen molar-refractivity contribution in [1.82, 2.24) is 5.32 Å². The fourth-order valence-corrected chi connectivity index (χ4v) is 3.80. The molecule has 1 amide bonds. The maximum Gasteiger partial charge on any atom is 0.308 e. The van der Waals surface area contributed by atoms with Crippen LogP contribution in [-0.2, 0) is 9.59 Å². The molecular formula is C15H27NO3S. The number of aliphatic carboxylic acids is 1. The third-order valence-electron chi connectivity index (χ3n) is 4.05. The first-order valence-electron chi connectivity index (χ1n) is 7.61. The average molecular weight is 301 g/mol. The molecule has 0 aromatic heterocycles. The van der Waals surface area contributed by atoms with E-state index in [2.05, 4.69) is 12.2 Å². The molecule has 0 heterocycles. The van der Waals surface area contributed by atoms with Crippen LogP contribution >= 0.6 is 11.8 Å². The van der Waals surface area contributed by atoms with Crippen molar-refractivity contribution in [2.75, 3.05) is 11.5 Å². The third kappa shape index (κ3) is 5.35. The summed E-state index contributed by atoms with van der Waals surface area (Å²) in [5.41, 5.74) is -0.574. The van der Waals surface area contributed by atoms with Crippen molar-refractivity contribution in [1.29, 1.82) is 0 Å². The van der Waals surface area contributed by atoms with E-state index in [1.165, 1.54) is 12.8 Å². The summed E-state index contributed by atoms with van der Waals surface area (Å²) in [6.45, 7) is 4.04. The molecule has 0 spiro atoms. The Kier molecular flexibility index (Phi) is 7.41. The number of unbranched alkanes of at least 4 members (excludes halogenated alkanes) is 1. The molecule has 1 rings (SSSR count). The molecule has 0 radical (unpaired) electrons. The number of nitrogens with one attached hydrogen (secondary N) is 1. The van der Waals surface area contributed by atoms with Gasteiger partial charge in [0.1, 0.15) is 0 Å². The molecule has 116 valence electrons. The highest BCUT2D eigenvalue weighted by molar-refractivity contribution is 7.99. The second-order valence-corrected chi connectivity index (χ2v) is 7.04. The Hall–Kier alpha value is -0.710. The van der Waals surface area contributed by atoms with Crippen molar-refractivity contribution in [3.05, 3.63) is 0 Å². The molecule has 1 aliphatic carbocycles. The average Bonchev–Trinajstić information content (AvgIpc) is 2.38. The molecule has 2 N–H and O–H groups in total. The van der Waals surface area contributed by atoms with Gasteiger partial charge in [-0.15, -0.1) is 0 Å². The predicted octanol–water partition coefficient (Wildman–Crippen LogP) is 3.06. The summed E-state index contributed by atoms with van der Waals surface area (Å²) in [6, 6.07) is 0. The number of thioether (sulfide) groups is 1. The highest BCUT2D eigenvalue weighted by atomic mass is 32.2. The van der Waals surface area contributed by atoms with Gasteiger partial charge in [0.25, 0.3) is 0 Å². The zero-order chi connectivity index (χ0) is 15.0. The van der Waals surface area contributed by atoms with Gasteiger partial charge in [-0.3, -0.25) is 9.59 Å². The van der Waals surface area contributed by atoms with Gasteiger partial charge in [0.2, 0.25) is 5.91 Å². The lowest BCUT2D eigenvalue weighted by atomic mass is 9.74. The second kappa shape index (κ2) is 8.55. The van der Waals surface area contributed by atoms with Crippen molar-refractivity contribution in [3.63, 3.8) is 0 Å². The van der Waals surface area contributed by atoms with Gasteiger partial charge >= 0.3 is 5.97 Å². The first-order valence-corrected chi connectivity index (χ1v) is 8.76. The Labute approximate surface area is 126 Å². The van der Waals surface area contributed by atoms with Crippen LogP contribution in [0.2, 0.25) is 0 Å². The largest absolute Gasteiger partial charge is 0.481 e. The molecule has 1 fully saturated rings. The number of carboxylic acid groups (broad SMARTS) is 1. The van der Waals surface area contributed by atoms with Crippen LogP contribution in [0.5, 0.6) is 0 Å². The van der Waals surface area contributed by atoms with Gasteiger partial charge in [-0.1, -0.05) is 26.2 Å². The minimum Gasteiger partial charge on any atom is -0.481 e. The Morgan fingerprint density at radius 1 is 1.35 bits per heavy atom. The Morgan fingerprint density at radius 2 is 2.10 bits per heavy atom. The molecule has 1 saturated carbocycles. The lowest BCUT2D eigenvalue weighted by Crippen LogP contribution is -2.55. The molecule has 0 aliphatic heterocycles. The second-order valence-electron chi connectivity index (χ2n) is 5.82. The van der Waals surface area contributed by atoms with Crippen molar-refractivity contribution in [3.8, 4) is 0 Å². The summed E-state index contributed by atoms with van der Waals surface area (Å²) < 4.78 is 0. The fourth-order valence-electron chi connectivity index (χ4n) is 2.77. The van der Waals surface area contributed by atoms with Gasteiger partial charge in [-0.25, -0.2) is 0 Å². The molecule has 5 heteroatoms. The molecule has 2 atom stereocenters.